The van der Waals surface area contributed by atoms with E-state index in [-0.39, 0.29) is 11.3 Å². The Balaban J connectivity index is 1.68. The zero-order chi connectivity index (χ0) is 21.5. The molecule has 152 valence electrons. The van der Waals surface area contributed by atoms with E-state index in [0.717, 1.165) is 10.9 Å². The third kappa shape index (κ3) is 3.00. The van der Waals surface area contributed by atoms with Crippen molar-refractivity contribution in [3.63, 3.8) is 0 Å². The van der Waals surface area contributed by atoms with Crippen LogP contribution in [-0.2, 0) is 4.79 Å². The van der Waals surface area contributed by atoms with E-state index in [1.165, 1.54) is 4.90 Å². The van der Waals surface area contributed by atoms with Crippen LogP contribution < -0.4 is 4.90 Å². The Bertz CT molecular complexity index is 1320. The number of furan rings is 1. The molecule has 1 atom stereocenters. The average molecular weight is 410 g/mol. The monoisotopic (exact) mass is 410 g/mol. The summed E-state index contributed by atoms with van der Waals surface area (Å²) in [4.78, 5) is 32.5. The molecule has 0 fully saturated rings. The summed E-state index contributed by atoms with van der Waals surface area (Å²) in [5.74, 6) is -1.73. The summed E-state index contributed by atoms with van der Waals surface area (Å²) in [5.41, 5.74) is 2.41. The molecular formula is C25H18N2O4. The molecule has 1 unspecified atom stereocenters. The number of aliphatic hydroxyl groups is 1. The number of anilines is 1. The first kappa shape index (κ1) is 18.8. The molecule has 0 radical (unpaired) electrons. The number of aromatic nitrogens is 1. The third-order valence-corrected chi connectivity index (χ3v) is 5.44. The first-order valence-electron chi connectivity index (χ1n) is 9.83. The summed E-state index contributed by atoms with van der Waals surface area (Å²) in [7, 11) is 0. The van der Waals surface area contributed by atoms with Gasteiger partial charge < -0.3 is 9.52 Å². The Kier molecular flexibility index (Phi) is 4.40. The molecule has 6 nitrogen and oxygen atoms in total. The topological polar surface area (TPSA) is 83.6 Å². The van der Waals surface area contributed by atoms with E-state index in [1.807, 2.05) is 37.3 Å². The van der Waals surface area contributed by atoms with Crippen molar-refractivity contribution >= 4 is 28.3 Å². The number of pyridine rings is 1. The number of carbonyl (C=O) groups excluding carboxylic acids is 2. The van der Waals surface area contributed by atoms with Crippen LogP contribution in [0.4, 0.5) is 5.69 Å². The summed E-state index contributed by atoms with van der Waals surface area (Å²) in [6, 6.07) is 20.6. The van der Waals surface area contributed by atoms with Crippen LogP contribution in [0.5, 0.6) is 0 Å². The molecule has 5 rings (SSSR count). The van der Waals surface area contributed by atoms with Crippen LogP contribution in [0.2, 0.25) is 0 Å². The molecule has 3 heterocycles. The molecule has 0 saturated heterocycles. The number of hydrogen-bond acceptors (Lipinski definition) is 5. The Morgan fingerprint density at radius 3 is 2.52 bits per heavy atom. The van der Waals surface area contributed by atoms with Gasteiger partial charge in [-0.25, -0.2) is 0 Å². The summed E-state index contributed by atoms with van der Waals surface area (Å²) in [6.45, 7) is 1.87. The highest BCUT2D eigenvalue weighted by Crippen LogP contribution is 2.42. The number of ketones is 1. The first-order valence-corrected chi connectivity index (χ1v) is 9.83. The number of amides is 1. The van der Waals surface area contributed by atoms with Gasteiger partial charge in [-0.15, -0.1) is 0 Å². The standard InChI is InChI=1S/C25H18N2O4/c1-15-8-2-4-11-18(15)27-22(17-10-6-7-13-26-17)21(24(29)25(27)30)23(28)20-14-16-9-3-5-12-19(16)31-20/h2-14,22,29H,1H3. The van der Waals surface area contributed by atoms with Gasteiger partial charge >= 0.3 is 0 Å². The van der Waals surface area contributed by atoms with Gasteiger partial charge in [-0.2, -0.15) is 0 Å². The maximum absolute atomic E-state index is 13.5. The summed E-state index contributed by atoms with van der Waals surface area (Å²) in [6.07, 6.45) is 1.59. The lowest BCUT2D eigenvalue weighted by atomic mass is 9.97. The van der Waals surface area contributed by atoms with E-state index in [4.69, 9.17) is 4.42 Å². The lowest BCUT2D eigenvalue weighted by molar-refractivity contribution is -0.117. The van der Waals surface area contributed by atoms with Crippen molar-refractivity contribution in [2.45, 2.75) is 13.0 Å². The van der Waals surface area contributed by atoms with Crippen LogP contribution in [0.15, 0.2) is 94.7 Å². The second-order valence-corrected chi connectivity index (χ2v) is 7.36. The smallest absolute Gasteiger partial charge is 0.294 e. The number of hydrogen-bond donors (Lipinski definition) is 1. The van der Waals surface area contributed by atoms with Crippen molar-refractivity contribution in [1.29, 1.82) is 0 Å². The van der Waals surface area contributed by atoms with Gasteiger partial charge in [0, 0.05) is 17.3 Å². The SMILES string of the molecule is Cc1ccccc1N1C(=O)C(O)=C(C(=O)c2cc3ccccc3o2)C1c1ccccn1. The quantitative estimate of drug-likeness (QED) is 0.483. The van der Waals surface area contributed by atoms with Crippen molar-refractivity contribution in [3.05, 3.63) is 107 Å². The van der Waals surface area contributed by atoms with Gasteiger partial charge in [-0.05, 0) is 42.8 Å². The second-order valence-electron chi connectivity index (χ2n) is 7.36. The van der Waals surface area contributed by atoms with E-state index < -0.39 is 23.5 Å². The number of aliphatic hydroxyl groups excluding tert-OH is 1. The maximum Gasteiger partial charge on any atom is 0.294 e. The number of carbonyl (C=O) groups is 2. The van der Waals surface area contributed by atoms with Gasteiger partial charge in [-0.3, -0.25) is 19.5 Å². The number of benzene rings is 2. The summed E-state index contributed by atoms with van der Waals surface area (Å²) in [5, 5.41) is 11.6. The predicted molar refractivity (Wildman–Crippen MR) is 116 cm³/mol. The van der Waals surface area contributed by atoms with Crippen LogP contribution in [0.25, 0.3) is 11.0 Å². The molecular weight excluding hydrogens is 392 g/mol. The van der Waals surface area contributed by atoms with Gasteiger partial charge in [0.2, 0.25) is 5.78 Å². The molecule has 1 aliphatic rings. The highest BCUT2D eigenvalue weighted by Gasteiger charge is 2.46. The largest absolute Gasteiger partial charge is 0.503 e. The third-order valence-electron chi connectivity index (χ3n) is 5.44. The van der Waals surface area contributed by atoms with E-state index >= 15 is 0 Å². The number of nitrogens with zero attached hydrogens (tertiary/aromatic N) is 2. The molecule has 1 N–H and O–H groups in total. The van der Waals surface area contributed by atoms with Crippen molar-refractivity contribution in [1.82, 2.24) is 4.98 Å². The predicted octanol–water partition coefficient (Wildman–Crippen LogP) is 4.92. The van der Waals surface area contributed by atoms with Crippen LogP contribution >= 0.6 is 0 Å². The van der Waals surface area contributed by atoms with E-state index in [9.17, 15) is 14.7 Å². The van der Waals surface area contributed by atoms with Gasteiger partial charge in [0.1, 0.15) is 11.6 Å². The summed E-state index contributed by atoms with van der Waals surface area (Å²) >= 11 is 0. The number of fused-ring (bicyclic) bond motifs is 1. The Labute approximate surface area is 178 Å². The van der Waals surface area contributed by atoms with E-state index in [2.05, 4.69) is 4.98 Å². The number of aryl methyl sites for hydroxylation is 1. The van der Waals surface area contributed by atoms with Crippen molar-refractivity contribution in [2.24, 2.45) is 0 Å². The molecule has 1 aliphatic heterocycles. The molecule has 2 aromatic heterocycles. The lowest BCUT2D eigenvalue weighted by Gasteiger charge is -2.27. The average Bonchev–Trinajstić information content (AvgIpc) is 3.34. The Hall–Kier alpha value is -4.19. The van der Waals surface area contributed by atoms with Crippen molar-refractivity contribution < 1.29 is 19.1 Å². The number of Topliss-reactive ketones (excluding diaryl/α,β-unsaturated/α-hetero) is 1. The highest BCUT2D eigenvalue weighted by molar-refractivity contribution is 6.20. The molecule has 0 bridgehead atoms. The summed E-state index contributed by atoms with van der Waals surface area (Å²) < 4.78 is 5.73. The number of para-hydroxylation sites is 2. The fraction of sp³-hybridized carbons (Fsp3) is 0.0800. The van der Waals surface area contributed by atoms with Crippen LogP contribution in [0.3, 0.4) is 0 Å². The van der Waals surface area contributed by atoms with Crippen LogP contribution in [-0.4, -0.2) is 21.8 Å². The maximum atomic E-state index is 13.5. The minimum Gasteiger partial charge on any atom is -0.503 e. The van der Waals surface area contributed by atoms with E-state index in [1.54, 1.807) is 48.7 Å². The van der Waals surface area contributed by atoms with Crippen LogP contribution in [0.1, 0.15) is 27.9 Å². The molecule has 0 spiro atoms. The fourth-order valence-electron chi connectivity index (χ4n) is 3.96. The molecule has 0 saturated carbocycles. The zero-order valence-electron chi connectivity index (χ0n) is 16.6. The van der Waals surface area contributed by atoms with Gasteiger partial charge in [0.05, 0.1) is 11.3 Å². The van der Waals surface area contributed by atoms with E-state index in [0.29, 0.717) is 17.0 Å². The second kappa shape index (κ2) is 7.25. The van der Waals surface area contributed by atoms with Crippen LogP contribution in [0, 0.1) is 6.92 Å². The van der Waals surface area contributed by atoms with Gasteiger partial charge in [0.25, 0.3) is 5.91 Å². The zero-order valence-corrected chi connectivity index (χ0v) is 16.6. The molecule has 4 aromatic rings. The lowest BCUT2D eigenvalue weighted by Crippen LogP contribution is -2.32. The molecule has 1 amide bonds. The minimum atomic E-state index is -0.879. The normalized spacial score (nSPS) is 16.4. The highest BCUT2D eigenvalue weighted by atomic mass is 16.3. The Morgan fingerprint density at radius 1 is 1.03 bits per heavy atom. The van der Waals surface area contributed by atoms with Gasteiger partial charge in [-0.1, -0.05) is 42.5 Å². The number of rotatable bonds is 4. The fourth-order valence-corrected chi connectivity index (χ4v) is 3.96. The first-order chi connectivity index (χ1) is 15.1. The minimum absolute atomic E-state index is 0.0500. The van der Waals surface area contributed by atoms with Crippen molar-refractivity contribution in [3.8, 4) is 0 Å². The molecule has 31 heavy (non-hydrogen) atoms. The van der Waals surface area contributed by atoms with Crippen molar-refractivity contribution in [2.75, 3.05) is 4.90 Å². The van der Waals surface area contributed by atoms with Gasteiger partial charge in [0.15, 0.2) is 11.5 Å². The molecule has 0 aliphatic carbocycles. The molecule has 6 heteroatoms. The molecule has 2 aromatic carbocycles. The Morgan fingerprint density at radius 2 is 1.77 bits per heavy atom.